The van der Waals surface area contributed by atoms with Gasteiger partial charge in [-0.2, -0.15) is 5.26 Å². The van der Waals surface area contributed by atoms with Crippen LogP contribution in [0.3, 0.4) is 0 Å². The summed E-state index contributed by atoms with van der Waals surface area (Å²) in [5, 5.41) is 11.7. The third kappa shape index (κ3) is 3.49. The number of ether oxygens (including phenoxy) is 1. The Morgan fingerprint density at radius 1 is 1.03 bits per heavy atom. The number of carbonyl (C=O) groups is 2. The second-order valence-corrected chi connectivity index (χ2v) is 7.19. The molecule has 0 atom stereocenters. The molecule has 148 valence electrons. The SMILES string of the molecule is CC(C)N1C(=O)c2ccccc2Oc2cc(NC(=O)c3ccc(C#N)cc3)ccc21. The molecule has 4 rings (SSSR count). The maximum Gasteiger partial charge on any atom is 0.262 e. The fourth-order valence-corrected chi connectivity index (χ4v) is 3.37. The Bertz CT molecular complexity index is 1180. The van der Waals surface area contributed by atoms with Crippen molar-refractivity contribution in [2.75, 3.05) is 10.2 Å². The fourth-order valence-electron chi connectivity index (χ4n) is 3.37. The van der Waals surface area contributed by atoms with Gasteiger partial charge in [0, 0.05) is 23.4 Å². The van der Waals surface area contributed by atoms with Gasteiger partial charge in [-0.25, -0.2) is 0 Å². The maximum absolute atomic E-state index is 13.1. The first-order valence-electron chi connectivity index (χ1n) is 9.54. The predicted molar refractivity (Wildman–Crippen MR) is 114 cm³/mol. The molecule has 0 aromatic heterocycles. The van der Waals surface area contributed by atoms with Crippen molar-refractivity contribution in [2.24, 2.45) is 0 Å². The molecular formula is C24H19N3O3. The molecule has 0 unspecified atom stereocenters. The Morgan fingerprint density at radius 3 is 2.47 bits per heavy atom. The molecule has 1 heterocycles. The van der Waals surface area contributed by atoms with Crippen molar-refractivity contribution in [1.29, 1.82) is 5.26 Å². The molecule has 6 nitrogen and oxygen atoms in total. The molecule has 0 fully saturated rings. The van der Waals surface area contributed by atoms with Crippen LogP contribution < -0.4 is 15.0 Å². The minimum Gasteiger partial charge on any atom is -0.454 e. The highest BCUT2D eigenvalue weighted by Crippen LogP contribution is 2.41. The lowest BCUT2D eigenvalue weighted by Crippen LogP contribution is -2.36. The number of nitrogens with zero attached hydrogens (tertiary/aromatic N) is 2. The molecule has 3 aromatic carbocycles. The monoisotopic (exact) mass is 397 g/mol. The number of anilines is 2. The normalized spacial score (nSPS) is 12.3. The zero-order valence-electron chi connectivity index (χ0n) is 16.5. The average molecular weight is 397 g/mol. The highest BCUT2D eigenvalue weighted by molar-refractivity contribution is 6.10. The number of hydrogen-bond donors (Lipinski definition) is 1. The van der Waals surface area contributed by atoms with Crippen LogP contribution >= 0.6 is 0 Å². The second-order valence-electron chi connectivity index (χ2n) is 7.19. The number of amides is 2. The maximum atomic E-state index is 13.1. The van der Waals surface area contributed by atoms with E-state index in [1.165, 1.54) is 0 Å². The lowest BCUT2D eigenvalue weighted by atomic mass is 10.1. The highest BCUT2D eigenvalue weighted by Gasteiger charge is 2.30. The van der Waals surface area contributed by atoms with Gasteiger partial charge in [0.15, 0.2) is 5.75 Å². The second kappa shape index (κ2) is 7.72. The van der Waals surface area contributed by atoms with Crippen molar-refractivity contribution >= 4 is 23.2 Å². The minimum absolute atomic E-state index is 0.0786. The molecule has 0 radical (unpaired) electrons. The van der Waals surface area contributed by atoms with E-state index in [9.17, 15) is 9.59 Å². The van der Waals surface area contributed by atoms with E-state index in [2.05, 4.69) is 5.32 Å². The van der Waals surface area contributed by atoms with Gasteiger partial charge in [0.25, 0.3) is 11.8 Å². The number of fused-ring (bicyclic) bond motifs is 2. The number of para-hydroxylation sites is 1. The summed E-state index contributed by atoms with van der Waals surface area (Å²) in [5.74, 6) is 0.529. The first kappa shape index (κ1) is 19.2. The summed E-state index contributed by atoms with van der Waals surface area (Å²) < 4.78 is 6.06. The Labute approximate surface area is 174 Å². The summed E-state index contributed by atoms with van der Waals surface area (Å²) in [6.07, 6.45) is 0. The van der Waals surface area contributed by atoms with Crippen LogP contribution in [-0.2, 0) is 0 Å². The van der Waals surface area contributed by atoms with Crippen LogP contribution in [0.5, 0.6) is 11.5 Å². The zero-order chi connectivity index (χ0) is 21.3. The van der Waals surface area contributed by atoms with Crippen LogP contribution in [0, 0.1) is 11.3 Å². The number of nitriles is 1. The molecule has 0 saturated heterocycles. The first-order chi connectivity index (χ1) is 14.5. The van der Waals surface area contributed by atoms with Crippen molar-refractivity contribution in [3.63, 3.8) is 0 Å². The number of rotatable bonds is 3. The lowest BCUT2D eigenvalue weighted by molar-refractivity contribution is 0.0979. The van der Waals surface area contributed by atoms with Gasteiger partial charge in [-0.1, -0.05) is 12.1 Å². The highest BCUT2D eigenvalue weighted by atomic mass is 16.5. The third-order valence-corrected chi connectivity index (χ3v) is 4.83. The van der Waals surface area contributed by atoms with Gasteiger partial charge >= 0.3 is 0 Å². The summed E-state index contributed by atoms with van der Waals surface area (Å²) in [5.41, 5.74) is 2.60. The van der Waals surface area contributed by atoms with E-state index in [-0.39, 0.29) is 17.9 Å². The van der Waals surface area contributed by atoms with Gasteiger partial charge in [0.05, 0.1) is 22.9 Å². The average Bonchev–Trinajstić information content (AvgIpc) is 2.87. The Morgan fingerprint density at radius 2 is 1.77 bits per heavy atom. The van der Waals surface area contributed by atoms with Crippen LogP contribution in [0.4, 0.5) is 11.4 Å². The van der Waals surface area contributed by atoms with Gasteiger partial charge in [-0.05, 0) is 62.4 Å². The molecule has 30 heavy (non-hydrogen) atoms. The summed E-state index contributed by atoms with van der Waals surface area (Å²) in [4.78, 5) is 27.4. The van der Waals surface area contributed by atoms with Crippen LogP contribution in [0.25, 0.3) is 0 Å². The number of hydrogen-bond acceptors (Lipinski definition) is 4. The Hall–Kier alpha value is -4.11. The van der Waals surface area contributed by atoms with E-state index < -0.39 is 0 Å². The molecule has 0 saturated carbocycles. The molecule has 1 aliphatic heterocycles. The molecule has 3 aromatic rings. The first-order valence-corrected chi connectivity index (χ1v) is 9.54. The standard InChI is InChI=1S/C24H19N3O3/c1-15(2)27-20-12-11-18(26-23(28)17-9-7-16(14-25)8-10-17)13-22(20)30-21-6-4-3-5-19(21)24(27)29/h3-13,15H,1-2H3,(H,26,28). The number of carbonyl (C=O) groups excluding carboxylic acids is 2. The Balaban J connectivity index is 1.68. The largest absolute Gasteiger partial charge is 0.454 e. The summed E-state index contributed by atoms with van der Waals surface area (Å²) in [7, 11) is 0. The van der Waals surface area contributed by atoms with Crippen LogP contribution in [-0.4, -0.2) is 17.9 Å². The minimum atomic E-state index is -0.301. The van der Waals surface area contributed by atoms with Crippen molar-refractivity contribution in [1.82, 2.24) is 0 Å². The molecule has 2 amide bonds. The predicted octanol–water partition coefficient (Wildman–Crippen LogP) is 4.97. The molecular weight excluding hydrogens is 378 g/mol. The van der Waals surface area contributed by atoms with E-state index in [1.807, 2.05) is 26.0 Å². The lowest BCUT2D eigenvalue weighted by Gasteiger charge is -2.26. The zero-order valence-corrected chi connectivity index (χ0v) is 16.5. The van der Waals surface area contributed by atoms with Crippen LogP contribution in [0.15, 0.2) is 66.7 Å². The van der Waals surface area contributed by atoms with E-state index >= 15 is 0 Å². The van der Waals surface area contributed by atoms with Gasteiger partial charge < -0.3 is 15.0 Å². The molecule has 1 N–H and O–H groups in total. The van der Waals surface area contributed by atoms with E-state index in [4.69, 9.17) is 10.00 Å². The Kier molecular flexibility index (Phi) is 4.95. The molecule has 0 aliphatic carbocycles. The van der Waals surface area contributed by atoms with Gasteiger partial charge in [-0.3, -0.25) is 9.59 Å². The van der Waals surface area contributed by atoms with Crippen LogP contribution in [0.2, 0.25) is 0 Å². The molecule has 1 aliphatic rings. The van der Waals surface area contributed by atoms with Crippen LogP contribution in [0.1, 0.15) is 40.1 Å². The van der Waals surface area contributed by atoms with Crippen molar-refractivity contribution < 1.29 is 14.3 Å². The van der Waals surface area contributed by atoms with Gasteiger partial charge in [0.2, 0.25) is 0 Å². The summed E-state index contributed by atoms with van der Waals surface area (Å²) in [6, 6.07) is 20.7. The van der Waals surface area contributed by atoms with Crippen molar-refractivity contribution in [3.8, 4) is 17.6 Å². The van der Waals surface area contributed by atoms with Crippen molar-refractivity contribution in [3.05, 3.63) is 83.4 Å². The fraction of sp³-hybridized carbons (Fsp3) is 0.125. The molecule has 6 heteroatoms. The molecule has 0 bridgehead atoms. The quantitative estimate of drug-likeness (QED) is 0.676. The van der Waals surface area contributed by atoms with E-state index in [0.29, 0.717) is 39.6 Å². The summed E-state index contributed by atoms with van der Waals surface area (Å²) >= 11 is 0. The van der Waals surface area contributed by atoms with Crippen molar-refractivity contribution in [2.45, 2.75) is 19.9 Å². The van der Waals surface area contributed by atoms with Gasteiger partial charge in [-0.15, -0.1) is 0 Å². The van der Waals surface area contributed by atoms with Gasteiger partial charge in [0.1, 0.15) is 5.75 Å². The van der Waals surface area contributed by atoms with E-state index in [1.54, 1.807) is 65.6 Å². The smallest absolute Gasteiger partial charge is 0.262 e. The topological polar surface area (TPSA) is 82.4 Å². The third-order valence-electron chi connectivity index (χ3n) is 4.83. The number of nitrogens with one attached hydrogen (secondary N) is 1. The summed E-state index contributed by atoms with van der Waals surface area (Å²) in [6.45, 7) is 3.88. The molecule has 0 spiro atoms. The van der Waals surface area contributed by atoms with E-state index in [0.717, 1.165) is 0 Å². The number of benzene rings is 3.